The molecule has 0 aliphatic carbocycles. The molecule has 0 saturated heterocycles. The third-order valence-corrected chi connectivity index (χ3v) is 7.51. The van der Waals surface area contributed by atoms with Crippen LogP contribution in [0.3, 0.4) is 0 Å². The number of thiophene rings is 1. The van der Waals surface area contributed by atoms with Crippen LogP contribution in [0, 0.1) is 0 Å². The summed E-state index contributed by atoms with van der Waals surface area (Å²) in [6, 6.07) is 13.8. The van der Waals surface area contributed by atoms with E-state index >= 15 is 0 Å². The van der Waals surface area contributed by atoms with Crippen LogP contribution in [-0.4, -0.2) is 33.6 Å². The molecule has 2 aromatic heterocycles. The lowest BCUT2D eigenvalue weighted by atomic mass is 9.72. The van der Waals surface area contributed by atoms with Crippen molar-refractivity contribution < 1.29 is 4.79 Å². The summed E-state index contributed by atoms with van der Waals surface area (Å²) >= 11 is 5.08. The second-order valence-corrected chi connectivity index (χ2v) is 9.19. The molecule has 4 rings (SSSR count). The maximum atomic E-state index is 13.9. The van der Waals surface area contributed by atoms with Crippen LogP contribution in [0.15, 0.2) is 75.8 Å². The highest BCUT2D eigenvalue weighted by atomic mass is 79.9. The van der Waals surface area contributed by atoms with Gasteiger partial charge in [-0.3, -0.25) is 14.4 Å². The molecule has 8 heteroatoms. The largest absolute Gasteiger partial charge is 0.369 e. The van der Waals surface area contributed by atoms with Crippen molar-refractivity contribution in [3.63, 3.8) is 0 Å². The SMILES string of the molecule is CN1C(=O)[C@@](CC=Cc2ccccc2)(n2cccn2)[C@@](C)(c2cc(Br)cs2)N=C1N. The fourth-order valence-corrected chi connectivity index (χ4v) is 5.55. The Morgan fingerprint density at radius 1 is 1.27 bits per heavy atom. The second-order valence-electron chi connectivity index (χ2n) is 7.36. The van der Waals surface area contributed by atoms with E-state index in [0.29, 0.717) is 6.42 Å². The minimum Gasteiger partial charge on any atom is -0.369 e. The molecule has 1 aliphatic rings. The van der Waals surface area contributed by atoms with Gasteiger partial charge in [-0.05, 0) is 40.5 Å². The monoisotopic (exact) mass is 483 g/mol. The summed E-state index contributed by atoms with van der Waals surface area (Å²) in [5.74, 6) is 0.0466. The summed E-state index contributed by atoms with van der Waals surface area (Å²) in [6.07, 6.45) is 7.93. The van der Waals surface area contributed by atoms with E-state index in [1.807, 2.05) is 73.1 Å². The fraction of sp³-hybridized carbons (Fsp3) is 0.227. The molecule has 3 heterocycles. The number of carbonyl (C=O) groups excluding carboxylic acids is 1. The van der Waals surface area contributed by atoms with Gasteiger partial charge in [0.05, 0.1) is 0 Å². The lowest BCUT2D eigenvalue weighted by Gasteiger charge is -2.49. The fourth-order valence-electron chi connectivity index (χ4n) is 3.94. The van der Waals surface area contributed by atoms with Crippen molar-refractivity contribution in [3.8, 4) is 0 Å². The highest BCUT2D eigenvalue weighted by Gasteiger charge is 2.61. The number of hydrogen-bond acceptors (Lipinski definition) is 5. The standard InChI is InChI=1S/C22H22BrN5OS/c1-21(18-14-17(23)15-30-18)22(28-13-7-12-25-28,19(29)27(2)20(24)26-21)11-6-10-16-8-4-3-5-9-16/h3-10,12-15H,11H2,1-2H3,(H2,24,26)/t21-,22-/m1/s1. The number of nitrogens with two attached hydrogens (primary N) is 1. The van der Waals surface area contributed by atoms with Gasteiger partial charge < -0.3 is 5.73 Å². The van der Waals surface area contributed by atoms with Gasteiger partial charge in [0.2, 0.25) is 0 Å². The minimum absolute atomic E-state index is 0.150. The summed E-state index contributed by atoms with van der Waals surface area (Å²) < 4.78 is 2.67. The summed E-state index contributed by atoms with van der Waals surface area (Å²) in [5, 5.41) is 6.48. The van der Waals surface area contributed by atoms with Gasteiger partial charge in [0, 0.05) is 40.6 Å². The van der Waals surface area contributed by atoms with Gasteiger partial charge in [-0.15, -0.1) is 11.3 Å². The molecule has 6 nitrogen and oxygen atoms in total. The zero-order chi connectivity index (χ0) is 21.4. The molecule has 0 fully saturated rings. The number of hydrogen-bond donors (Lipinski definition) is 1. The van der Waals surface area contributed by atoms with Crippen LogP contribution in [-0.2, 0) is 15.9 Å². The maximum Gasteiger partial charge on any atom is 0.260 e. The van der Waals surface area contributed by atoms with E-state index in [1.165, 1.54) is 4.90 Å². The number of allylic oxidation sites excluding steroid dienone is 1. The number of rotatable bonds is 5. The molecule has 3 aromatic rings. The molecule has 1 aliphatic heterocycles. The molecule has 0 saturated carbocycles. The van der Waals surface area contributed by atoms with Crippen molar-refractivity contribution in [2.75, 3.05) is 7.05 Å². The van der Waals surface area contributed by atoms with Gasteiger partial charge in [0.25, 0.3) is 5.91 Å². The third-order valence-electron chi connectivity index (χ3n) is 5.61. The molecule has 0 radical (unpaired) electrons. The van der Waals surface area contributed by atoms with Crippen molar-refractivity contribution in [2.45, 2.75) is 24.4 Å². The van der Waals surface area contributed by atoms with Crippen LogP contribution < -0.4 is 5.73 Å². The Morgan fingerprint density at radius 2 is 2.03 bits per heavy atom. The van der Waals surface area contributed by atoms with Gasteiger partial charge >= 0.3 is 0 Å². The number of nitrogens with zero attached hydrogens (tertiary/aromatic N) is 4. The smallest absolute Gasteiger partial charge is 0.260 e. The number of amides is 1. The Hall–Kier alpha value is -2.71. The normalized spacial score (nSPS) is 24.4. The van der Waals surface area contributed by atoms with E-state index in [4.69, 9.17) is 10.7 Å². The molecule has 0 unspecified atom stereocenters. The Kier molecular flexibility index (Phi) is 5.38. The molecule has 2 atom stereocenters. The molecular weight excluding hydrogens is 462 g/mol. The molecule has 154 valence electrons. The lowest BCUT2D eigenvalue weighted by Crippen LogP contribution is -2.65. The van der Waals surface area contributed by atoms with Gasteiger partial charge in [0.15, 0.2) is 11.5 Å². The number of guanidine groups is 1. The Labute approximate surface area is 187 Å². The molecule has 2 N–H and O–H groups in total. The van der Waals surface area contributed by atoms with E-state index in [0.717, 1.165) is 14.9 Å². The Balaban J connectivity index is 1.91. The first kappa shape index (κ1) is 20.6. The summed E-state index contributed by atoms with van der Waals surface area (Å²) in [6.45, 7) is 1.96. The van der Waals surface area contributed by atoms with Crippen LogP contribution >= 0.6 is 27.3 Å². The van der Waals surface area contributed by atoms with E-state index in [-0.39, 0.29) is 11.9 Å². The third kappa shape index (κ3) is 3.20. The second kappa shape index (κ2) is 7.85. The van der Waals surface area contributed by atoms with Gasteiger partial charge in [-0.25, -0.2) is 4.99 Å². The number of benzene rings is 1. The first-order valence-electron chi connectivity index (χ1n) is 9.48. The highest BCUT2D eigenvalue weighted by molar-refractivity contribution is 9.10. The number of carbonyl (C=O) groups is 1. The molecule has 1 amide bonds. The van der Waals surface area contributed by atoms with Crippen LogP contribution in [0.1, 0.15) is 23.8 Å². The van der Waals surface area contributed by atoms with Crippen LogP contribution in [0.4, 0.5) is 0 Å². The van der Waals surface area contributed by atoms with E-state index in [1.54, 1.807) is 29.3 Å². The topological polar surface area (TPSA) is 76.5 Å². The first-order valence-corrected chi connectivity index (χ1v) is 11.2. The molecule has 30 heavy (non-hydrogen) atoms. The van der Waals surface area contributed by atoms with Crippen molar-refractivity contribution >= 4 is 45.2 Å². The molecule has 1 aromatic carbocycles. The van der Waals surface area contributed by atoms with Crippen molar-refractivity contribution in [1.82, 2.24) is 14.7 Å². The quantitative estimate of drug-likeness (QED) is 0.590. The highest BCUT2D eigenvalue weighted by Crippen LogP contribution is 2.50. The van der Waals surface area contributed by atoms with Crippen molar-refractivity contribution in [1.29, 1.82) is 0 Å². The summed E-state index contributed by atoms with van der Waals surface area (Å²) in [4.78, 5) is 21.1. The average Bonchev–Trinajstić information content (AvgIpc) is 3.42. The molecule has 0 spiro atoms. The number of aromatic nitrogens is 2. The molecule has 0 bridgehead atoms. The minimum atomic E-state index is -1.11. The van der Waals surface area contributed by atoms with Crippen LogP contribution in [0.2, 0.25) is 0 Å². The Morgan fingerprint density at radius 3 is 2.67 bits per heavy atom. The van der Waals surface area contributed by atoms with Crippen LogP contribution in [0.5, 0.6) is 0 Å². The first-order chi connectivity index (χ1) is 14.4. The number of halogens is 1. The zero-order valence-corrected chi connectivity index (χ0v) is 19.1. The van der Waals surface area contributed by atoms with Gasteiger partial charge in [-0.1, -0.05) is 42.5 Å². The Bertz CT molecular complexity index is 1110. The molecular formula is C22H22BrN5OS. The van der Waals surface area contributed by atoms with E-state index in [9.17, 15) is 4.79 Å². The predicted octanol–water partition coefficient (Wildman–Crippen LogP) is 4.21. The van der Waals surface area contributed by atoms with Crippen LogP contribution in [0.25, 0.3) is 6.08 Å². The van der Waals surface area contributed by atoms with Gasteiger partial charge in [0.1, 0.15) is 5.54 Å². The average molecular weight is 484 g/mol. The number of likely N-dealkylation sites (N-methyl/N-ethyl adjacent to an activating group) is 1. The zero-order valence-electron chi connectivity index (χ0n) is 16.7. The predicted molar refractivity (Wildman–Crippen MR) is 124 cm³/mol. The summed E-state index contributed by atoms with van der Waals surface area (Å²) in [5.41, 5.74) is 5.20. The van der Waals surface area contributed by atoms with E-state index < -0.39 is 11.1 Å². The van der Waals surface area contributed by atoms with E-state index in [2.05, 4.69) is 21.0 Å². The maximum absolute atomic E-state index is 13.9. The number of aliphatic imine (C=N–C) groups is 1. The lowest BCUT2D eigenvalue weighted by molar-refractivity contribution is -0.142. The van der Waals surface area contributed by atoms with Crippen molar-refractivity contribution in [2.24, 2.45) is 10.7 Å². The van der Waals surface area contributed by atoms with Crippen molar-refractivity contribution in [3.05, 3.63) is 81.2 Å². The summed E-state index contributed by atoms with van der Waals surface area (Å²) in [7, 11) is 1.66. The van der Waals surface area contributed by atoms with Gasteiger partial charge in [-0.2, -0.15) is 5.10 Å².